The van der Waals surface area contributed by atoms with Crippen LogP contribution in [0.2, 0.25) is 0 Å². The normalized spacial score (nSPS) is 14.1. The van der Waals surface area contributed by atoms with Crippen molar-refractivity contribution in [1.29, 1.82) is 0 Å². The summed E-state index contributed by atoms with van der Waals surface area (Å²) in [5.74, 6) is -0.588. The maximum absolute atomic E-state index is 13.0. The predicted molar refractivity (Wildman–Crippen MR) is 105 cm³/mol. The van der Waals surface area contributed by atoms with Gasteiger partial charge >= 0.3 is 5.69 Å². The number of nitrogens with zero attached hydrogens (tertiary/aromatic N) is 5. The summed E-state index contributed by atoms with van der Waals surface area (Å²) in [6.45, 7) is 3.36. The molecule has 1 fully saturated rings. The van der Waals surface area contributed by atoms with E-state index in [1.807, 2.05) is 24.4 Å². The first-order valence-electron chi connectivity index (χ1n) is 9.13. The van der Waals surface area contributed by atoms with Crippen LogP contribution in [0.15, 0.2) is 22.3 Å². The van der Waals surface area contributed by atoms with E-state index in [1.54, 1.807) is 4.90 Å². The number of hydrogen-bond acceptors (Lipinski definition) is 6. The zero-order valence-corrected chi connectivity index (χ0v) is 16.2. The maximum Gasteiger partial charge on any atom is 0.330 e. The van der Waals surface area contributed by atoms with Gasteiger partial charge < -0.3 is 10.6 Å². The van der Waals surface area contributed by atoms with Crippen LogP contribution in [-0.4, -0.2) is 48.9 Å². The number of fused-ring (bicyclic) bond motifs is 1. The molecular formula is C18H20N6O3S. The highest BCUT2D eigenvalue weighted by Crippen LogP contribution is 2.25. The number of aromatic nitrogens is 4. The number of nitrogens with two attached hydrogens (primary N) is 1. The molecule has 146 valence electrons. The summed E-state index contributed by atoms with van der Waals surface area (Å²) in [6.07, 6.45) is 1.91. The molecule has 3 aromatic heterocycles. The lowest BCUT2D eigenvalue weighted by atomic mass is 10.3. The number of hydrogen-bond donors (Lipinski definition) is 1. The molecular weight excluding hydrogens is 380 g/mol. The van der Waals surface area contributed by atoms with Crippen LogP contribution in [0.5, 0.6) is 0 Å². The van der Waals surface area contributed by atoms with Crippen molar-refractivity contribution in [2.24, 2.45) is 5.73 Å². The van der Waals surface area contributed by atoms with E-state index < -0.39 is 11.6 Å². The van der Waals surface area contributed by atoms with Gasteiger partial charge in [0.15, 0.2) is 17.2 Å². The van der Waals surface area contributed by atoms with Gasteiger partial charge in [0.25, 0.3) is 5.91 Å². The van der Waals surface area contributed by atoms with Crippen molar-refractivity contribution in [3.05, 3.63) is 33.7 Å². The highest BCUT2D eigenvalue weighted by molar-refractivity contribution is 7.13. The molecule has 0 spiro atoms. The van der Waals surface area contributed by atoms with E-state index in [0.29, 0.717) is 31.1 Å². The lowest BCUT2D eigenvalue weighted by Crippen LogP contribution is -2.35. The lowest BCUT2D eigenvalue weighted by molar-refractivity contribution is -0.130. The van der Waals surface area contributed by atoms with Gasteiger partial charge in [0.1, 0.15) is 12.1 Å². The van der Waals surface area contributed by atoms with E-state index in [4.69, 9.17) is 5.73 Å². The Morgan fingerprint density at radius 2 is 1.96 bits per heavy atom. The standard InChI is InChI=1S/C18H20N6O3S/c1-2-23-17-14(24(18(23)27)10-12(25)22-7-3-4-8-22)13(15(19)26)20-16(21-17)11-6-5-9-28-11/h5-6,9H,2-4,7-8,10H2,1H3,(H2,19,26). The number of carbonyl (C=O) groups is 2. The second-order valence-electron chi connectivity index (χ2n) is 6.61. The van der Waals surface area contributed by atoms with E-state index in [2.05, 4.69) is 9.97 Å². The van der Waals surface area contributed by atoms with Crippen LogP contribution in [0, 0.1) is 0 Å². The van der Waals surface area contributed by atoms with Crippen molar-refractivity contribution in [2.45, 2.75) is 32.9 Å². The van der Waals surface area contributed by atoms with Gasteiger partial charge in [-0.25, -0.2) is 14.8 Å². The van der Waals surface area contributed by atoms with Gasteiger partial charge in [0.05, 0.1) is 4.88 Å². The molecule has 0 aliphatic carbocycles. The van der Waals surface area contributed by atoms with E-state index in [-0.39, 0.29) is 23.7 Å². The van der Waals surface area contributed by atoms with Crippen molar-refractivity contribution in [3.8, 4) is 10.7 Å². The fraction of sp³-hybridized carbons (Fsp3) is 0.389. The van der Waals surface area contributed by atoms with E-state index in [1.165, 1.54) is 20.5 Å². The molecule has 2 amide bonds. The summed E-state index contributed by atoms with van der Waals surface area (Å²) in [5, 5.41) is 1.87. The molecule has 4 rings (SSSR count). The lowest BCUT2D eigenvalue weighted by Gasteiger charge is -2.15. The Bertz CT molecular complexity index is 1110. The van der Waals surface area contributed by atoms with Crippen molar-refractivity contribution in [3.63, 3.8) is 0 Å². The molecule has 0 unspecified atom stereocenters. The predicted octanol–water partition coefficient (Wildman–Crippen LogP) is 1.06. The number of rotatable bonds is 5. The number of aryl methyl sites for hydroxylation is 1. The van der Waals surface area contributed by atoms with Gasteiger partial charge in [-0.2, -0.15) is 0 Å². The van der Waals surface area contributed by atoms with Crippen molar-refractivity contribution < 1.29 is 9.59 Å². The van der Waals surface area contributed by atoms with Gasteiger partial charge in [0, 0.05) is 19.6 Å². The minimum atomic E-state index is -0.763. The average molecular weight is 400 g/mol. The van der Waals surface area contributed by atoms with Crippen LogP contribution < -0.4 is 11.4 Å². The topological polar surface area (TPSA) is 116 Å². The summed E-state index contributed by atoms with van der Waals surface area (Å²) in [5.41, 5.74) is 5.66. The zero-order valence-electron chi connectivity index (χ0n) is 15.4. The molecule has 1 aliphatic heterocycles. The Morgan fingerprint density at radius 1 is 1.21 bits per heavy atom. The summed E-state index contributed by atoms with van der Waals surface area (Å²) < 4.78 is 2.72. The molecule has 0 aromatic carbocycles. The Morgan fingerprint density at radius 3 is 2.57 bits per heavy atom. The third kappa shape index (κ3) is 2.99. The Kier molecular flexibility index (Phi) is 4.71. The van der Waals surface area contributed by atoms with Crippen molar-refractivity contribution in [2.75, 3.05) is 13.1 Å². The van der Waals surface area contributed by atoms with Crippen LogP contribution >= 0.6 is 11.3 Å². The first-order chi connectivity index (χ1) is 13.5. The van der Waals surface area contributed by atoms with Gasteiger partial charge in [0.2, 0.25) is 5.91 Å². The Hall–Kier alpha value is -3.01. The molecule has 0 bridgehead atoms. The molecule has 0 atom stereocenters. The minimum absolute atomic E-state index is 0.0491. The molecule has 1 saturated heterocycles. The molecule has 3 aromatic rings. The third-order valence-electron chi connectivity index (χ3n) is 4.90. The van der Waals surface area contributed by atoms with Crippen LogP contribution in [0.25, 0.3) is 21.9 Å². The molecule has 9 nitrogen and oxygen atoms in total. The Labute approximate surface area is 164 Å². The average Bonchev–Trinajstić information content (AvgIpc) is 3.43. The number of thiophene rings is 1. The molecule has 28 heavy (non-hydrogen) atoms. The largest absolute Gasteiger partial charge is 0.364 e. The summed E-state index contributed by atoms with van der Waals surface area (Å²) >= 11 is 1.42. The zero-order chi connectivity index (χ0) is 19.8. The van der Waals surface area contributed by atoms with Gasteiger partial charge in [-0.05, 0) is 31.2 Å². The minimum Gasteiger partial charge on any atom is -0.364 e. The first kappa shape index (κ1) is 18.4. The number of likely N-dealkylation sites (tertiary alicyclic amines) is 1. The molecule has 0 saturated carbocycles. The second-order valence-corrected chi connectivity index (χ2v) is 7.56. The Balaban J connectivity index is 1.92. The van der Waals surface area contributed by atoms with Gasteiger partial charge in [-0.1, -0.05) is 6.07 Å². The van der Waals surface area contributed by atoms with E-state index in [9.17, 15) is 14.4 Å². The molecule has 2 N–H and O–H groups in total. The van der Waals surface area contributed by atoms with Crippen LogP contribution in [0.4, 0.5) is 0 Å². The first-order valence-corrected chi connectivity index (χ1v) is 10.0. The van der Waals surface area contributed by atoms with Gasteiger partial charge in [-0.15, -0.1) is 11.3 Å². The third-order valence-corrected chi connectivity index (χ3v) is 5.76. The van der Waals surface area contributed by atoms with Crippen molar-refractivity contribution >= 4 is 34.3 Å². The van der Waals surface area contributed by atoms with E-state index in [0.717, 1.165) is 17.7 Å². The summed E-state index contributed by atoms with van der Waals surface area (Å²) in [6, 6.07) is 3.68. The number of primary amides is 1. The van der Waals surface area contributed by atoms with Gasteiger partial charge in [-0.3, -0.25) is 18.7 Å². The quantitative estimate of drug-likeness (QED) is 0.687. The maximum atomic E-state index is 13.0. The fourth-order valence-corrected chi connectivity index (χ4v) is 4.19. The van der Waals surface area contributed by atoms with Crippen LogP contribution in [0.1, 0.15) is 30.3 Å². The number of carbonyl (C=O) groups excluding carboxylic acids is 2. The molecule has 4 heterocycles. The number of amides is 2. The highest BCUT2D eigenvalue weighted by atomic mass is 32.1. The highest BCUT2D eigenvalue weighted by Gasteiger charge is 2.26. The van der Waals surface area contributed by atoms with Crippen LogP contribution in [0.3, 0.4) is 0 Å². The SMILES string of the molecule is CCn1c(=O)n(CC(=O)N2CCCC2)c2c(C(N)=O)nc(-c3cccs3)nc21. The second kappa shape index (κ2) is 7.19. The van der Waals surface area contributed by atoms with E-state index >= 15 is 0 Å². The summed E-state index contributed by atoms with van der Waals surface area (Å²) in [7, 11) is 0. The summed E-state index contributed by atoms with van der Waals surface area (Å²) in [4.78, 5) is 49.1. The van der Waals surface area contributed by atoms with Crippen LogP contribution in [-0.2, 0) is 17.9 Å². The molecule has 10 heteroatoms. The number of imidazole rings is 1. The fourth-order valence-electron chi connectivity index (χ4n) is 3.53. The van der Waals surface area contributed by atoms with Crippen molar-refractivity contribution in [1.82, 2.24) is 24.0 Å². The monoisotopic (exact) mass is 400 g/mol. The molecule has 1 aliphatic rings. The molecule has 0 radical (unpaired) electrons. The smallest absolute Gasteiger partial charge is 0.330 e.